The molecule has 23 heavy (non-hydrogen) atoms. The topological polar surface area (TPSA) is 81.5 Å². The zero-order valence-electron chi connectivity index (χ0n) is 12.4. The van der Waals surface area contributed by atoms with Crippen LogP contribution in [0.2, 0.25) is 5.02 Å². The van der Waals surface area contributed by atoms with Gasteiger partial charge in [-0.2, -0.15) is 0 Å². The Morgan fingerprint density at radius 3 is 2.65 bits per heavy atom. The first-order chi connectivity index (χ1) is 11.0. The van der Waals surface area contributed by atoms with E-state index in [9.17, 15) is 14.9 Å². The molecule has 2 aromatic rings. The molecule has 0 aliphatic heterocycles. The monoisotopic (exact) mass is 334 g/mol. The molecule has 0 heterocycles. The average molecular weight is 335 g/mol. The van der Waals surface area contributed by atoms with Gasteiger partial charge >= 0.3 is 0 Å². The SMILES string of the molecule is C[C@H](NC(=O)COc1cccc([N+](=O)[O-])c1)c1ccc(Cl)cc1. The maximum atomic E-state index is 11.9. The molecular formula is C16H15ClN2O4. The van der Waals surface area contributed by atoms with Crippen molar-refractivity contribution in [1.29, 1.82) is 0 Å². The van der Waals surface area contributed by atoms with Gasteiger partial charge in [-0.05, 0) is 30.7 Å². The lowest BCUT2D eigenvalue weighted by Gasteiger charge is -2.14. The minimum atomic E-state index is -0.518. The molecule has 2 aromatic carbocycles. The Kier molecular flexibility index (Phi) is 5.54. The lowest BCUT2D eigenvalue weighted by molar-refractivity contribution is -0.384. The first-order valence-electron chi connectivity index (χ1n) is 6.88. The number of nitrogens with one attached hydrogen (secondary N) is 1. The highest BCUT2D eigenvalue weighted by Crippen LogP contribution is 2.19. The predicted molar refractivity (Wildman–Crippen MR) is 86.6 cm³/mol. The summed E-state index contributed by atoms with van der Waals surface area (Å²) in [7, 11) is 0. The van der Waals surface area contributed by atoms with Crippen molar-refractivity contribution in [1.82, 2.24) is 5.32 Å². The van der Waals surface area contributed by atoms with E-state index in [1.165, 1.54) is 18.2 Å². The predicted octanol–water partition coefficient (Wildman–Crippen LogP) is 3.50. The van der Waals surface area contributed by atoms with Crippen LogP contribution in [0.5, 0.6) is 5.75 Å². The third-order valence-electron chi connectivity index (χ3n) is 3.15. The van der Waals surface area contributed by atoms with Crippen LogP contribution in [-0.2, 0) is 4.79 Å². The van der Waals surface area contributed by atoms with E-state index >= 15 is 0 Å². The minimum absolute atomic E-state index is 0.0857. The fourth-order valence-electron chi connectivity index (χ4n) is 1.95. The van der Waals surface area contributed by atoms with Crippen LogP contribution in [0.4, 0.5) is 5.69 Å². The van der Waals surface area contributed by atoms with E-state index in [0.717, 1.165) is 5.56 Å². The van der Waals surface area contributed by atoms with Crippen LogP contribution in [0, 0.1) is 10.1 Å². The maximum absolute atomic E-state index is 11.9. The second-order valence-corrected chi connectivity index (χ2v) is 5.32. The summed E-state index contributed by atoms with van der Waals surface area (Å²) in [6.07, 6.45) is 0. The highest BCUT2D eigenvalue weighted by Gasteiger charge is 2.11. The highest BCUT2D eigenvalue weighted by atomic mass is 35.5. The standard InChI is InChI=1S/C16H15ClN2O4/c1-11(12-5-7-13(17)8-6-12)18-16(20)10-23-15-4-2-3-14(9-15)19(21)22/h2-9,11H,10H2,1H3,(H,18,20)/t11-/m0/s1. The molecule has 0 aromatic heterocycles. The van der Waals surface area contributed by atoms with E-state index in [-0.39, 0.29) is 30.0 Å². The van der Waals surface area contributed by atoms with E-state index in [4.69, 9.17) is 16.3 Å². The van der Waals surface area contributed by atoms with Crippen LogP contribution in [0.1, 0.15) is 18.5 Å². The zero-order valence-corrected chi connectivity index (χ0v) is 13.1. The second kappa shape index (κ2) is 7.60. The van der Waals surface area contributed by atoms with Crippen molar-refractivity contribution in [3.05, 3.63) is 69.2 Å². The number of non-ortho nitro benzene ring substituents is 1. The number of hydrogen-bond acceptors (Lipinski definition) is 4. The van der Waals surface area contributed by atoms with Crippen LogP contribution in [0.3, 0.4) is 0 Å². The lowest BCUT2D eigenvalue weighted by Crippen LogP contribution is -2.31. The number of nitro groups is 1. The third-order valence-corrected chi connectivity index (χ3v) is 3.40. The van der Waals surface area contributed by atoms with Gasteiger partial charge in [0.1, 0.15) is 5.75 Å². The number of rotatable bonds is 6. The minimum Gasteiger partial charge on any atom is -0.484 e. The van der Waals surface area contributed by atoms with E-state index in [0.29, 0.717) is 5.02 Å². The van der Waals surface area contributed by atoms with E-state index in [1.807, 2.05) is 19.1 Å². The molecular weight excluding hydrogens is 320 g/mol. The van der Waals surface area contributed by atoms with Gasteiger partial charge in [-0.3, -0.25) is 14.9 Å². The van der Waals surface area contributed by atoms with Crippen LogP contribution in [0.25, 0.3) is 0 Å². The summed E-state index contributed by atoms with van der Waals surface area (Å²) in [4.78, 5) is 22.1. The number of ether oxygens (including phenoxy) is 1. The molecule has 1 atom stereocenters. The van der Waals surface area contributed by atoms with E-state index in [2.05, 4.69) is 5.32 Å². The zero-order chi connectivity index (χ0) is 16.8. The first-order valence-corrected chi connectivity index (χ1v) is 7.25. The molecule has 0 aliphatic rings. The van der Waals surface area contributed by atoms with Crippen LogP contribution < -0.4 is 10.1 Å². The summed E-state index contributed by atoms with van der Waals surface area (Å²) >= 11 is 5.82. The first kappa shape index (κ1) is 16.8. The lowest BCUT2D eigenvalue weighted by atomic mass is 10.1. The van der Waals surface area contributed by atoms with Gasteiger partial charge in [-0.1, -0.05) is 29.8 Å². The largest absolute Gasteiger partial charge is 0.484 e. The van der Waals surface area contributed by atoms with Crippen molar-refractivity contribution in [3.8, 4) is 5.75 Å². The quantitative estimate of drug-likeness (QED) is 0.647. The van der Waals surface area contributed by atoms with Gasteiger partial charge in [0.25, 0.3) is 11.6 Å². The Labute approximate surface area is 138 Å². The molecule has 0 saturated heterocycles. The van der Waals surface area contributed by atoms with Crippen molar-refractivity contribution >= 4 is 23.2 Å². The molecule has 0 unspecified atom stereocenters. The van der Waals surface area contributed by atoms with Crippen LogP contribution in [-0.4, -0.2) is 17.4 Å². The maximum Gasteiger partial charge on any atom is 0.273 e. The summed E-state index contributed by atoms with van der Waals surface area (Å²) in [6, 6.07) is 12.6. The molecule has 1 amide bonds. The summed E-state index contributed by atoms with van der Waals surface area (Å²) < 4.78 is 5.28. The Morgan fingerprint density at radius 2 is 2.00 bits per heavy atom. The molecule has 6 nitrogen and oxygen atoms in total. The summed E-state index contributed by atoms with van der Waals surface area (Å²) in [5, 5.41) is 14.1. The molecule has 0 saturated carbocycles. The number of halogens is 1. The molecule has 0 aliphatic carbocycles. The van der Waals surface area contributed by atoms with Crippen LogP contribution in [0.15, 0.2) is 48.5 Å². The number of nitro benzene ring substituents is 1. The number of amides is 1. The van der Waals surface area contributed by atoms with Gasteiger partial charge in [-0.25, -0.2) is 0 Å². The third kappa shape index (κ3) is 4.96. The molecule has 2 rings (SSSR count). The Morgan fingerprint density at radius 1 is 1.30 bits per heavy atom. The highest BCUT2D eigenvalue weighted by molar-refractivity contribution is 6.30. The van der Waals surface area contributed by atoms with E-state index in [1.54, 1.807) is 18.2 Å². The van der Waals surface area contributed by atoms with Crippen molar-refractivity contribution < 1.29 is 14.5 Å². The molecule has 0 bridgehead atoms. The van der Waals surface area contributed by atoms with Gasteiger partial charge in [0.15, 0.2) is 6.61 Å². The molecule has 0 spiro atoms. The molecule has 0 fully saturated rings. The van der Waals surface area contributed by atoms with Crippen molar-refractivity contribution in [2.45, 2.75) is 13.0 Å². The van der Waals surface area contributed by atoms with Crippen molar-refractivity contribution in [2.24, 2.45) is 0 Å². The Hall–Kier alpha value is -2.60. The molecule has 0 radical (unpaired) electrons. The van der Waals surface area contributed by atoms with E-state index < -0.39 is 4.92 Å². The number of hydrogen-bond donors (Lipinski definition) is 1. The van der Waals surface area contributed by atoms with Crippen molar-refractivity contribution in [3.63, 3.8) is 0 Å². The second-order valence-electron chi connectivity index (χ2n) is 4.88. The van der Waals surface area contributed by atoms with Gasteiger partial charge in [0.2, 0.25) is 0 Å². The number of carbonyl (C=O) groups is 1. The Balaban J connectivity index is 1.88. The molecule has 7 heteroatoms. The average Bonchev–Trinajstić information content (AvgIpc) is 2.53. The summed E-state index contributed by atoms with van der Waals surface area (Å²) in [5.74, 6) is -0.0487. The Bertz CT molecular complexity index is 703. The van der Waals surface area contributed by atoms with Gasteiger partial charge < -0.3 is 10.1 Å². The van der Waals surface area contributed by atoms with Gasteiger partial charge in [0, 0.05) is 11.1 Å². The summed E-state index contributed by atoms with van der Waals surface area (Å²) in [5.41, 5.74) is 0.829. The normalized spacial score (nSPS) is 11.6. The fraction of sp³-hybridized carbons (Fsp3) is 0.188. The summed E-state index contributed by atoms with van der Waals surface area (Å²) in [6.45, 7) is 1.62. The number of benzene rings is 2. The van der Waals surface area contributed by atoms with Gasteiger partial charge in [0.05, 0.1) is 17.0 Å². The van der Waals surface area contributed by atoms with Gasteiger partial charge in [-0.15, -0.1) is 0 Å². The fourth-order valence-corrected chi connectivity index (χ4v) is 2.08. The van der Waals surface area contributed by atoms with Crippen LogP contribution >= 0.6 is 11.6 Å². The number of carbonyl (C=O) groups excluding carboxylic acids is 1. The molecule has 120 valence electrons. The smallest absolute Gasteiger partial charge is 0.273 e. The molecule has 1 N–H and O–H groups in total. The van der Waals surface area contributed by atoms with Crippen molar-refractivity contribution in [2.75, 3.05) is 6.61 Å². The number of nitrogens with zero attached hydrogens (tertiary/aromatic N) is 1.